The van der Waals surface area contributed by atoms with Crippen LogP contribution in [-0.4, -0.2) is 45.3 Å². The number of carbonyl (C=O) groups is 1. The number of halogens is 1. The SMILES string of the molecule is CC1CCN(c2ccc([C@H](C)NC(=O)CN(C)S(=O)(=O)c3ccc(Cl)cc3)cc2)CC1. The van der Waals surface area contributed by atoms with E-state index in [-0.39, 0.29) is 23.4 Å². The molecule has 31 heavy (non-hydrogen) atoms. The van der Waals surface area contributed by atoms with Crippen molar-refractivity contribution < 1.29 is 13.2 Å². The number of piperidine rings is 1. The monoisotopic (exact) mass is 463 g/mol. The fraction of sp³-hybridized carbons (Fsp3) is 0.435. The van der Waals surface area contributed by atoms with Gasteiger partial charge in [-0.3, -0.25) is 4.79 Å². The summed E-state index contributed by atoms with van der Waals surface area (Å²) in [6.45, 7) is 6.06. The van der Waals surface area contributed by atoms with E-state index in [1.54, 1.807) is 0 Å². The molecule has 0 bridgehead atoms. The minimum atomic E-state index is -3.76. The molecular formula is C23H30ClN3O3S. The Morgan fingerprint density at radius 3 is 2.29 bits per heavy atom. The van der Waals surface area contributed by atoms with Crippen molar-refractivity contribution in [2.75, 3.05) is 31.6 Å². The Morgan fingerprint density at radius 1 is 1.13 bits per heavy atom. The molecule has 1 saturated heterocycles. The van der Waals surface area contributed by atoms with Crippen LogP contribution in [0.25, 0.3) is 0 Å². The van der Waals surface area contributed by atoms with Gasteiger partial charge in [-0.1, -0.05) is 30.7 Å². The van der Waals surface area contributed by atoms with Gasteiger partial charge in [-0.15, -0.1) is 0 Å². The number of sulfonamides is 1. The van der Waals surface area contributed by atoms with Gasteiger partial charge in [0.25, 0.3) is 0 Å². The predicted octanol–water partition coefficient (Wildman–Crippen LogP) is 4.07. The highest BCUT2D eigenvalue weighted by molar-refractivity contribution is 7.89. The summed E-state index contributed by atoms with van der Waals surface area (Å²) < 4.78 is 26.3. The lowest BCUT2D eigenvalue weighted by molar-refractivity contribution is -0.121. The molecule has 1 N–H and O–H groups in total. The zero-order chi connectivity index (χ0) is 22.6. The summed E-state index contributed by atoms with van der Waals surface area (Å²) in [7, 11) is -2.37. The van der Waals surface area contributed by atoms with Crippen LogP contribution in [0.15, 0.2) is 53.4 Å². The van der Waals surface area contributed by atoms with Gasteiger partial charge in [0.05, 0.1) is 17.5 Å². The van der Waals surface area contributed by atoms with Crippen molar-refractivity contribution in [2.24, 2.45) is 5.92 Å². The Balaban J connectivity index is 1.56. The number of nitrogens with one attached hydrogen (secondary N) is 1. The first-order valence-corrected chi connectivity index (χ1v) is 12.3. The molecule has 8 heteroatoms. The minimum absolute atomic E-state index is 0.0999. The number of likely N-dealkylation sites (N-methyl/N-ethyl adjacent to an activating group) is 1. The van der Waals surface area contributed by atoms with Gasteiger partial charge in [-0.25, -0.2) is 8.42 Å². The molecule has 1 aliphatic rings. The fourth-order valence-corrected chi connectivity index (χ4v) is 4.94. The van der Waals surface area contributed by atoms with Crippen LogP contribution in [0.1, 0.15) is 38.3 Å². The van der Waals surface area contributed by atoms with Crippen LogP contribution in [0.4, 0.5) is 5.69 Å². The highest BCUT2D eigenvalue weighted by Gasteiger charge is 2.23. The van der Waals surface area contributed by atoms with Crippen LogP contribution < -0.4 is 10.2 Å². The van der Waals surface area contributed by atoms with Crippen molar-refractivity contribution in [3.63, 3.8) is 0 Å². The molecule has 1 heterocycles. The predicted molar refractivity (Wildman–Crippen MR) is 125 cm³/mol. The summed E-state index contributed by atoms with van der Waals surface area (Å²) in [5.41, 5.74) is 2.17. The van der Waals surface area contributed by atoms with Gasteiger partial charge >= 0.3 is 0 Å². The van der Waals surface area contributed by atoms with Crippen LogP contribution in [0.5, 0.6) is 0 Å². The Hall–Kier alpha value is -2.09. The molecule has 0 unspecified atom stereocenters. The average Bonchev–Trinajstić information content (AvgIpc) is 2.74. The van der Waals surface area contributed by atoms with Crippen molar-refractivity contribution in [1.82, 2.24) is 9.62 Å². The average molecular weight is 464 g/mol. The van der Waals surface area contributed by atoms with E-state index in [4.69, 9.17) is 11.6 Å². The number of anilines is 1. The Labute approximate surface area is 190 Å². The van der Waals surface area contributed by atoms with Gasteiger partial charge in [-0.05, 0) is 67.6 Å². The van der Waals surface area contributed by atoms with E-state index in [0.717, 1.165) is 28.9 Å². The van der Waals surface area contributed by atoms with E-state index in [0.29, 0.717) is 5.02 Å². The molecule has 0 spiro atoms. The van der Waals surface area contributed by atoms with E-state index < -0.39 is 10.0 Å². The summed E-state index contributed by atoms with van der Waals surface area (Å²) in [6.07, 6.45) is 2.42. The molecule has 0 saturated carbocycles. The summed E-state index contributed by atoms with van der Waals surface area (Å²) in [5.74, 6) is 0.425. The van der Waals surface area contributed by atoms with Gasteiger partial charge in [-0.2, -0.15) is 4.31 Å². The molecule has 1 amide bonds. The quantitative estimate of drug-likeness (QED) is 0.671. The van der Waals surface area contributed by atoms with Gasteiger partial charge in [0.1, 0.15) is 0 Å². The van der Waals surface area contributed by atoms with E-state index in [2.05, 4.69) is 29.3 Å². The lowest BCUT2D eigenvalue weighted by Crippen LogP contribution is -2.39. The second-order valence-corrected chi connectivity index (χ2v) is 10.7. The summed E-state index contributed by atoms with van der Waals surface area (Å²) in [6, 6.07) is 13.9. The third-order valence-corrected chi connectivity index (χ3v) is 7.88. The smallest absolute Gasteiger partial charge is 0.243 e. The van der Waals surface area contributed by atoms with Gasteiger partial charge in [0, 0.05) is 30.8 Å². The van der Waals surface area contributed by atoms with E-state index in [1.807, 2.05) is 19.1 Å². The second-order valence-electron chi connectivity index (χ2n) is 8.27. The molecule has 2 aromatic rings. The van der Waals surface area contributed by atoms with Crippen LogP contribution in [0.3, 0.4) is 0 Å². The Kier molecular flexibility index (Phi) is 7.62. The first-order valence-electron chi connectivity index (χ1n) is 10.5. The van der Waals surface area contributed by atoms with Crippen molar-refractivity contribution in [3.05, 3.63) is 59.1 Å². The molecule has 2 aromatic carbocycles. The minimum Gasteiger partial charge on any atom is -0.372 e. The topological polar surface area (TPSA) is 69.7 Å². The third kappa shape index (κ3) is 5.99. The maximum Gasteiger partial charge on any atom is 0.243 e. The summed E-state index contributed by atoms with van der Waals surface area (Å²) >= 11 is 5.83. The number of carbonyl (C=O) groups excluding carboxylic acids is 1. The summed E-state index contributed by atoms with van der Waals surface area (Å²) in [5, 5.41) is 3.34. The van der Waals surface area contributed by atoms with Crippen LogP contribution >= 0.6 is 11.6 Å². The Bertz CT molecular complexity index is 986. The molecule has 168 valence electrons. The number of hydrogen-bond acceptors (Lipinski definition) is 4. The first-order chi connectivity index (χ1) is 14.7. The lowest BCUT2D eigenvalue weighted by atomic mass is 9.98. The van der Waals surface area contributed by atoms with Crippen molar-refractivity contribution in [3.8, 4) is 0 Å². The van der Waals surface area contributed by atoms with Crippen LogP contribution in [0, 0.1) is 5.92 Å². The number of nitrogens with zero attached hydrogens (tertiary/aromatic N) is 2. The van der Waals surface area contributed by atoms with E-state index in [1.165, 1.54) is 49.8 Å². The van der Waals surface area contributed by atoms with Crippen LogP contribution in [-0.2, 0) is 14.8 Å². The summed E-state index contributed by atoms with van der Waals surface area (Å²) in [4.78, 5) is 15.0. The fourth-order valence-electron chi connectivity index (χ4n) is 3.68. The van der Waals surface area contributed by atoms with Crippen LogP contribution in [0.2, 0.25) is 5.02 Å². The Morgan fingerprint density at radius 2 is 1.71 bits per heavy atom. The zero-order valence-corrected chi connectivity index (χ0v) is 19.8. The van der Waals surface area contributed by atoms with Gasteiger partial charge in [0.15, 0.2) is 0 Å². The van der Waals surface area contributed by atoms with Crippen molar-refractivity contribution in [2.45, 2.75) is 37.6 Å². The second kappa shape index (κ2) is 10.0. The number of hydrogen-bond donors (Lipinski definition) is 1. The number of rotatable bonds is 7. The standard InChI is InChI=1S/C23H30ClN3O3S/c1-17-12-14-27(15-13-17)21-8-4-19(5-9-21)18(2)25-23(28)16-26(3)31(29,30)22-10-6-20(24)7-11-22/h4-11,17-18H,12-16H2,1-3H3,(H,25,28)/t18-/m0/s1. The van der Waals surface area contributed by atoms with E-state index in [9.17, 15) is 13.2 Å². The highest BCUT2D eigenvalue weighted by Crippen LogP contribution is 2.24. The van der Waals surface area contributed by atoms with Crippen molar-refractivity contribution >= 4 is 33.2 Å². The molecule has 1 fully saturated rings. The maximum absolute atomic E-state index is 12.6. The molecule has 1 aliphatic heterocycles. The molecule has 1 atom stereocenters. The molecular weight excluding hydrogens is 434 g/mol. The van der Waals surface area contributed by atoms with Gasteiger partial charge in [0.2, 0.25) is 15.9 Å². The lowest BCUT2D eigenvalue weighted by Gasteiger charge is -2.32. The van der Waals surface area contributed by atoms with Gasteiger partial charge < -0.3 is 10.2 Å². The molecule has 6 nitrogen and oxygen atoms in total. The number of amides is 1. The molecule has 0 radical (unpaired) electrons. The third-order valence-electron chi connectivity index (χ3n) is 5.81. The molecule has 3 rings (SSSR count). The highest BCUT2D eigenvalue weighted by atomic mass is 35.5. The zero-order valence-electron chi connectivity index (χ0n) is 18.2. The first kappa shape index (κ1) is 23.6. The molecule has 0 aliphatic carbocycles. The largest absolute Gasteiger partial charge is 0.372 e. The molecule has 0 aromatic heterocycles. The van der Waals surface area contributed by atoms with E-state index >= 15 is 0 Å². The maximum atomic E-state index is 12.6. The normalized spacial score (nSPS) is 16.4. The van der Waals surface area contributed by atoms with Crippen molar-refractivity contribution in [1.29, 1.82) is 0 Å². The number of benzene rings is 2.